The molecule has 0 amide bonds. The van der Waals surface area contributed by atoms with Crippen molar-refractivity contribution in [3.8, 4) is 0 Å². The van der Waals surface area contributed by atoms with E-state index in [4.69, 9.17) is 21.1 Å². The second kappa shape index (κ2) is 5.94. The number of ether oxygens (including phenoxy) is 2. The molecule has 19 heavy (non-hydrogen) atoms. The van der Waals surface area contributed by atoms with E-state index in [1.165, 1.54) is 0 Å². The van der Waals surface area contributed by atoms with E-state index in [-0.39, 0.29) is 23.2 Å². The van der Waals surface area contributed by atoms with E-state index in [2.05, 4.69) is 4.98 Å². The highest BCUT2D eigenvalue weighted by Crippen LogP contribution is 2.22. The van der Waals surface area contributed by atoms with Gasteiger partial charge in [0.25, 0.3) is 0 Å². The lowest BCUT2D eigenvalue weighted by Gasteiger charge is -2.09. The molecule has 1 atom stereocenters. The third kappa shape index (κ3) is 3.39. The van der Waals surface area contributed by atoms with Gasteiger partial charge in [-0.15, -0.1) is 0 Å². The van der Waals surface area contributed by atoms with Gasteiger partial charge < -0.3 is 9.47 Å². The maximum absolute atomic E-state index is 11.8. The highest BCUT2D eigenvalue weighted by molar-refractivity contribution is 6.29. The summed E-state index contributed by atoms with van der Waals surface area (Å²) in [6, 6.07) is 1.13. The molecule has 1 aromatic heterocycles. The minimum Gasteiger partial charge on any atom is -0.462 e. The highest BCUT2D eigenvalue weighted by Gasteiger charge is 2.24. The fourth-order valence-corrected chi connectivity index (χ4v) is 1.88. The highest BCUT2D eigenvalue weighted by atomic mass is 35.5. The van der Waals surface area contributed by atoms with Crippen molar-refractivity contribution < 1.29 is 19.2 Å². The molecule has 0 N–H and O–H groups in total. The molecule has 2 rings (SSSR count). The van der Waals surface area contributed by atoms with Gasteiger partial charge in [-0.3, -0.25) is 10.1 Å². The first-order valence-electron chi connectivity index (χ1n) is 5.62. The van der Waals surface area contributed by atoms with E-state index >= 15 is 0 Å². The molecule has 7 nitrogen and oxygen atoms in total. The number of hydrogen-bond acceptors (Lipinski definition) is 6. The van der Waals surface area contributed by atoms with Crippen LogP contribution in [0.5, 0.6) is 0 Å². The number of halogens is 1. The Balaban J connectivity index is 2.08. The SMILES string of the molecule is O=C(OCC1CCOC1)c1cc(Cl)ncc1[N+](=O)[O-]. The normalized spacial score (nSPS) is 18.3. The second-order valence-electron chi connectivity index (χ2n) is 4.11. The van der Waals surface area contributed by atoms with Crippen molar-refractivity contribution in [3.63, 3.8) is 0 Å². The molecule has 1 aliphatic rings. The Kier molecular flexibility index (Phi) is 4.28. The monoisotopic (exact) mass is 286 g/mol. The van der Waals surface area contributed by atoms with Crippen molar-refractivity contribution >= 4 is 23.3 Å². The Hall–Kier alpha value is -1.73. The third-order valence-corrected chi connectivity index (χ3v) is 2.95. The lowest BCUT2D eigenvalue weighted by Crippen LogP contribution is -2.15. The van der Waals surface area contributed by atoms with Crippen LogP contribution in [0.1, 0.15) is 16.8 Å². The van der Waals surface area contributed by atoms with Gasteiger partial charge >= 0.3 is 11.7 Å². The zero-order valence-corrected chi connectivity index (χ0v) is 10.6. The van der Waals surface area contributed by atoms with Crippen LogP contribution in [0.4, 0.5) is 5.69 Å². The maximum atomic E-state index is 11.8. The molecule has 0 spiro atoms. The topological polar surface area (TPSA) is 91.6 Å². The number of nitrogens with zero attached hydrogens (tertiary/aromatic N) is 2. The molecule has 0 bridgehead atoms. The Labute approximate surface area is 113 Å². The van der Waals surface area contributed by atoms with Gasteiger partial charge in [-0.2, -0.15) is 0 Å². The number of pyridine rings is 1. The Morgan fingerprint density at radius 1 is 1.68 bits per heavy atom. The smallest absolute Gasteiger partial charge is 0.345 e. The number of hydrogen-bond donors (Lipinski definition) is 0. The maximum Gasteiger partial charge on any atom is 0.345 e. The summed E-state index contributed by atoms with van der Waals surface area (Å²) >= 11 is 5.63. The number of aromatic nitrogens is 1. The van der Waals surface area contributed by atoms with Crippen molar-refractivity contribution in [3.05, 3.63) is 33.1 Å². The second-order valence-corrected chi connectivity index (χ2v) is 4.50. The number of esters is 1. The standard InChI is InChI=1S/C11H11ClN2O5/c12-10-3-8(9(4-13-10)14(16)17)11(15)19-6-7-1-2-18-5-7/h3-4,7H,1-2,5-6H2. The van der Waals surface area contributed by atoms with Crippen LogP contribution in [0.15, 0.2) is 12.3 Å². The predicted octanol–water partition coefficient (Wildman–Crippen LogP) is 1.84. The molecular weight excluding hydrogens is 276 g/mol. The predicted molar refractivity (Wildman–Crippen MR) is 65.1 cm³/mol. The lowest BCUT2D eigenvalue weighted by molar-refractivity contribution is -0.385. The van der Waals surface area contributed by atoms with Gasteiger partial charge in [0.15, 0.2) is 0 Å². The van der Waals surface area contributed by atoms with Crippen LogP contribution >= 0.6 is 11.6 Å². The average molecular weight is 287 g/mol. The van der Waals surface area contributed by atoms with E-state index in [1.807, 2.05) is 0 Å². The molecule has 1 aliphatic heterocycles. The molecule has 0 aliphatic carbocycles. The molecule has 1 saturated heterocycles. The van der Waals surface area contributed by atoms with E-state index in [0.29, 0.717) is 13.2 Å². The Morgan fingerprint density at radius 3 is 3.11 bits per heavy atom. The molecule has 0 saturated carbocycles. The fourth-order valence-electron chi connectivity index (χ4n) is 1.72. The van der Waals surface area contributed by atoms with Gasteiger partial charge in [0.05, 0.1) is 18.1 Å². The van der Waals surface area contributed by atoms with Crippen molar-refractivity contribution in [2.24, 2.45) is 5.92 Å². The summed E-state index contributed by atoms with van der Waals surface area (Å²) < 4.78 is 10.2. The molecule has 102 valence electrons. The fraction of sp³-hybridized carbons (Fsp3) is 0.455. The van der Waals surface area contributed by atoms with Gasteiger partial charge in [0.1, 0.15) is 16.9 Å². The van der Waals surface area contributed by atoms with Gasteiger partial charge in [0, 0.05) is 12.5 Å². The van der Waals surface area contributed by atoms with E-state index in [9.17, 15) is 14.9 Å². The largest absolute Gasteiger partial charge is 0.462 e. The van der Waals surface area contributed by atoms with Crippen LogP contribution in [0.3, 0.4) is 0 Å². The molecule has 0 aromatic carbocycles. The van der Waals surface area contributed by atoms with Crippen LogP contribution in [-0.4, -0.2) is 35.7 Å². The van der Waals surface area contributed by atoms with E-state index in [0.717, 1.165) is 18.7 Å². The summed E-state index contributed by atoms with van der Waals surface area (Å²) in [6.45, 7) is 1.35. The molecule has 0 radical (unpaired) electrons. The van der Waals surface area contributed by atoms with Crippen molar-refractivity contribution in [2.75, 3.05) is 19.8 Å². The quantitative estimate of drug-likeness (QED) is 0.363. The first kappa shape index (κ1) is 13.7. The van der Waals surface area contributed by atoms with Crippen molar-refractivity contribution in [1.82, 2.24) is 4.98 Å². The Morgan fingerprint density at radius 2 is 2.47 bits per heavy atom. The number of carbonyl (C=O) groups is 1. The van der Waals surface area contributed by atoms with E-state index in [1.54, 1.807) is 0 Å². The van der Waals surface area contributed by atoms with E-state index < -0.39 is 16.6 Å². The Bertz CT molecular complexity index is 502. The molecule has 1 unspecified atom stereocenters. The first-order chi connectivity index (χ1) is 9.08. The summed E-state index contributed by atoms with van der Waals surface area (Å²) in [6.07, 6.45) is 1.75. The van der Waals surface area contributed by atoms with Gasteiger partial charge in [0.2, 0.25) is 0 Å². The zero-order valence-electron chi connectivity index (χ0n) is 9.87. The summed E-state index contributed by atoms with van der Waals surface area (Å²) in [5, 5.41) is 10.8. The van der Waals surface area contributed by atoms with Crippen LogP contribution in [0.25, 0.3) is 0 Å². The van der Waals surface area contributed by atoms with Gasteiger partial charge in [-0.1, -0.05) is 11.6 Å². The molecule has 1 fully saturated rings. The number of carbonyl (C=O) groups excluding carboxylic acids is 1. The minimum absolute atomic E-state index is 0.00162. The number of rotatable bonds is 4. The summed E-state index contributed by atoms with van der Waals surface area (Å²) in [7, 11) is 0. The van der Waals surface area contributed by atoms with Crippen molar-refractivity contribution in [1.29, 1.82) is 0 Å². The third-order valence-electron chi connectivity index (χ3n) is 2.74. The molecule has 1 aromatic rings. The van der Waals surface area contributed by atoms with Gasteiger partial charge in [-0.25, -0.2) is 9.78 Å². The van der Waals surface area contributed by atoms with Crippen LogP contribution in [-0.2, 0) is 9.47 Å². The molecule has 2 heterocycles. The van der Waals surface area contributed by atoms with Crippen LogP contribution < -0.4 is 0 Å². The average Bonchev–Trinajstić information content (AvgIpc) is 2.88. The lowest BCUT2D eigenvalue weighted by atomic mass is 10.1. The van der Waals surface area contributed by atoms with Crippen LogP contribution in [0.2, 0.25) is 5.15 Å². The summed E-state index contributed by atoms with van der Waals surface area (Å²) in [5.41, 5.74) is -0.610. The zero-order chi connectivity index (χ0) is 13.8. The molecular formula is C11H11ClN2O5. The molecule has 8 heteroatoms. The van der Waals surface area contributed by atoms with Gasteiger partial charge in [-0.05, 0) is 12.5 Å². The van der Waals surface area contributed by atoms with Crippen molar-refractivity contribution in [2.45, 2.75) is 6.42 Å². The summed E-state index contributed by atoms with van der Waals surface area (Å²) in [5.74, 6) is -0.636. The first-order valence-corrected chi connectivity index (χ1v) is 6.00. The van der Waals surface area contributed by atoms with Crippen LogP contribution in [0, 0.1) is 16.0 Å². The summed E-state index contributed by atoms with van der Waals surface area (Å²) in [4.78, 5) is 25.5. The minimum atomic E-state index is -0.775. The number of nitro groups is 1.